The van der Waals surface area contributed by atoms with Crippen LogP contribution < -0.4 is 0 Å². The largest absolute Gasteiger partial charge is 0.369 e. The first-order valence-electron chi connectivity index (χ1n) is 4.88. The molecule has 1 heterocycles. The van der Waals surface area contributed by atoms with E-state index < -0.39 is 0 Å². The van der Waals surface area contributed by atoms with Crippen molar-refractivity contribution in [2.75, 3.05) is 13.1 Å². The van der Waals surface area contributed by atoms with E-state index in [4.69, 9.17) is 4.74 Å². The fourth-order valence-corrected chi connectivity index (χ4v) is 1.44. The molecule has 1 saturated heterocycles. The molecule has 0 atom stereocenters. The molecule has 1 rings (SSSR count). The van der Waals surface area contributed by atoms with Gasteiger partial charge in [-0.3, -0.25) is 4.79 Å². The first-order chi connectivity index (χ1) is 5.92. The molecule has 0 aliphatic carbocycles. The summed E-state index contributed by atoms with van der Waals surface area (Å²) in [6.45, 7) is 9.54. The highest BCUT2D eigenvalue weighted by Crippen LogP contribution is 2.19. The third-order valence-electron chi connectivity index (χ3n) is 2.02. The Morgan fingerprint density at radius 3 is 2.38 bits per heavy atom. The van der Waals surface area contributed by atoms with Gasteiger partial charge in [0.2, 0.25) is 5.91 Å². The molecule has 0 bridgehead atoms. The summed E-state index contributed by atoms with van der Waals surface area (Å²) >= 11 is 0. The fraction of sp³-hybridized carbons (Fsp3) is 0.900. The Bertz CT molecular complexity index is 190. The van der Waals surface area contributed by atoms with Crippen LogP contribution in [0.25, 0.3) is 0 Å². The summed E-state index contributed by atoms with van der Waals surface area (Å²) in [5.41, 5.74) is -0.0913. The van der Waals surface area contributed by atoms with Crippen molar-refractivity contribution in [1.29, 1.82) is 0 Å². The maximum absolute atomic E-state index is 11.2. The Morgan fingerprint density at radius 1 is 1.46 bits per heavy atom. The topological polar surface area (TPSA) is 29.5 Å². The molecule has 1 aliphatic heterocycles. The second-order valence-corrected chi connectivity index (χ2v) is 4.50. The van der Waals surface area contributed by atoms with E-state index >= 15 is 0 Å². The SMILES string of the molecule is CCC(=O)N1CC(OC(C)(C)C)C1. The molecule has 0 aromatic heterocycles. The summed E-state index contributed by atoms with van der Waals surface area (Å²) in [5, 5.41) is 0. The van der Waals surface area contributed by atoms with Gasteiger partial charge in [-0.2, -0.15) is 0 Å². The minimum absolute atomic E-state index is 0.0913. The summed E-state index contributed by atoms with van der Waals surface area (Å²) in [7, 11) is 0. The number of likely N-dealkylation sites (tertiary alicyclic amines) is 1. The first kappa shape index (κ1) is 10.5. The van der Waals surface area contributed by atoms with E-state index in [1.165, 1.54) is 0 Å². The molecule has 1 fully saturated rings. The summed E-state index contributed by atoms with van der Waals surface area (Å²) in [5.74, 6) is 0.230. The van der Waals surface area contributed by atoms with Crippen LogP contribution >= 0.6 is 0 Å². The highest BCUT2D eigenvalue weighted by atomic mass is 16.5. The molecular formula is C10H19NO2. The highest BCUT2D eigenvalue weighted by molar-refractivity contribution is 5.76. The van der Waals surface area contributed by atoms with Crippen molar-refractivity contribution >= 4 is 5.91 Å². The summed E-state index contributed by atoms with van der Waals surface area (Å²) < 4.78 is 5.70. The van der Waals surface area contributed by atoms with E-state index in [0.29, 0.717) is 6.42 Å². The zero-order chi connectivity index (χ0) is 10.1. The molecular weight excluding hydrogens is 166 g/mol. The lowest BCUT2D eigenvalue weighted by Gasteiger charge is -2.42. The van der Waals surface area contributed by atoms with Crippen molar-refractivity contribution in [2.24, 2.45) is 0 Å². The number of rotatable bonds is 2. The molecule has 3 heteroatoms. The maximum Gasteiger partial charge on any atom is 0.222 e. The Hall–Kier alpha value is -0.570. The van der Waals surface area contributed by atoms with Crippen molar-refractivity contribution in [3.8, 4) is 0 Å². The average Bonchev–Trinajstić information content (AvgIpc) is 1.92. The first-order valence-corrected chi connectivity index (χ1v) is 4.88. The molecule has 0 spiro atoms. The van der Waals surface area contributed by atoms with Crippen molar-refractivity contribution in [1.82, 2.24) is 4.90 Å². The van der Waals surface area contributed by atoms with Crippen LogP contribution in [0.15, 0.2) is 0 Å². The molecule has 0 N–H and O–H groups in total. The van der Waals surface area contributed by atoms with E-state index in [9.17, 15) is 4.79 Å². The van der Waals surface area contributed by atoms with Gasteiger partial charge >= 0.3 is 0 Å². The number of amides is 1. The zero-order valence-corrected chi connectivity index (χ0v) is 8.96. The molecule has 1 aliphatic rings. The number of ether oxygens (including phenoxy) is 1. The van der Waals surface area contributed by atoms with Gasteiger partial charge in [-0.1, -0.05) is 6.92 Å². The number of hydrogen-bond acceptors (Lipinski definition) is 2. The lowest BCUT2D eigenvalue weighted by Crippen LogP contribution is -2.56. The van der Waals surface area contributed by atoms with Gasteiger partial charge in [0.1, 0.15) is 0 Å². The van der Waals surface area contributed by atoms with Gasteiger partial charge in [-0.15, -0.1) is 0 Å². The van der Waals surface area contributed by atoms with Gasteiger partial charge in [0.05, 0.1) is 11.7 Å². The second kappa shape index (κ2) is 3.66. The normalized spacial score (nSPS) is 18.6. The highest BCUT2D eigenvalue weighted by Gasteiger charge is 2.32. The lowest BCUT2D eigenvalue weighted by molar-refractivity contribution is -0.157. The smallest absolute Gasteiger partial charge is 0.222 e. The van der Waals surface area contributed by atoms with Crippen LogP contribution in [-0.2, 0) is 9.53 Å². The van der Waals surface area contributed by atoms with Gasteiger partial charge in [0.25, 0.3) is 0 Å². The van der Waals surface area contributed by atoms with E-state index in [1.54, 1.807) is 0 Å². The Kier molecular flexibility index (Phi) is 2.96. The van der Waals surface area contributed by atoms with Crippen molar-refractivity contribution in [3.05, 3.63) is 0 Å². The Labute approximate surface area is 80.1 Å². The van der Waals surface area contributed by atoms with Crippen molar-refractivity contribution in [3.63, 3.8) is 0 Å². The molecule has 13 heavy (non-hydrogen) atoms. The zero-order valence-electron chi connectivity index (χ0n) is 8.96. The molecule has 0 saturated carbocycles. The molecule has 1 amide bonds. The van der Waals surface area contributed by atoms with Gasteiger partial charge < -0.3 is 9.64 Å². The molecule has 0 unspecified atom stereocenters. The van der Waals surface area contributed by atoms with Gasteiger partial charge in [-0.05, 0) is 20.8 Å². The second-order valence-electron chi connectivity index (χ2n) is 4.50. The third kappa shape index (κ3) is 2.99. The number of carbonyl (C=O) groups is 1. The van der Waals surface area contributed by atoms with Crippen LogP contribution in [0.4, 0.5) is 0 Å². The van der Waals surface area contributed by atoms with Crippen LogP contribution in [-0.4, -0.2) is 35.6 Å². The molecule has 0 aromatic rings. The van der Waals surface area contributed by atoms with E-state index in [2.05, 4.69) is 0 Å². The number of nitrogens with zero attached hydrogens (tertiary/aromatic N) is 1. The van der Waals surface area contributed by atoms with Crippen LogP contribution in [0.2, 0.25) is 0 Å². The van der Waals surface area contributed by atoms with E-state index in [1.807, 2.05) is 32.6 Å². The van der Waals surface area contributed by atoms with Crippen molar-refractivity contribution in [2.45, 2.75) is 45.8 Å². The van der Waals surface area contributed by atoms with Crippen molar-refractivity contribution < 1.29 is 9.53 Å². The van der Waals surface area contributed by atoms with Crippen LogP contribution in [0, 0.1) is 0 Å². The van der Waals surface area contributed by atoms with E-state index in [-0.39, 0.29) is 17.6 Å². The van der Waals surface area contributed by atoms with Gasteiger partial charge in [0, 0.05) is 19.5 Å². The predicted octanol–water partition coefficient (Wildman–Crippen LogP) is 1.42. The Balaban J connectivity index is 2.22. The monoisotopic (exact) mass is 185 g/mol. The quantitative estimate of drug-likeness (QED) is 0.651. The standard InChI is InChI=1S/C10H19NO2/c1-5-9(12)11-6-8(7-11)13-10(2,3)4/h8H,5-7H2,1-4H3. The maximum atomic E-state index is 11.2. The summed E-state index contributed by atoms with van der Waals surface area (Å²) in [6, 6.07) is 0. The third-order valence-corrected chi connectivity index (χ3v) is 2.02. The summed E-state index contributed by atoms with van der Waals surface area (Å²) in [6.07, 6.45) is 0.845. The number of hydrogen-bond donors (Lipinski definition) is 0. The van der Waals surface area contributed by atoms with Crippen LogP contribution in [0.3, 0.4) is 0 Å². The minimum atomic E-state index is -0.0913. The molecule has 0 aromatic carbocycles. The molecule has 0 radical (unpaired) electrons. The predicted molar refractivity (Wildman–Crippen MR) is 51.5 cm³/mol. The van der Waals surface area contributed by atoms with Gasteiger partial charge in [0.15, 0.2) is 0 Å². The lowest BCUT2D eigenvalue weighted by atomic mass is 10.1. The minimum Gasteiger partial charge on any atom is -0.369 e. The number of carbonyl (C=O) groups excluding carboxylic acids is 1. The fourth-order valence-electron chi connectivity index (χ4n) is 1.44. The Morgan fingerprint density at radius 2 is 2.00 bits per heavy atom. The molecule has 76 valence electrons. The van der Waals surface area contributed by atoms with Gasteiger partial charge in [-0.25, -0.2) is 0 Å². The van der Waals surface area contributed by atoms with E-state index in [0.717, 1.165) is 13.1 Å². The summed E-state index contributed by atoms with van der Waals surface area (Å²) in [4.78, 5) is 13.0. The van der Waals surface area contributed by atoms with Crippen LogP contribution in [0.1, 0.15) is 34.1 Å². The van der Waals surface area contributed by atoms with Crippen LogP contribution in [0.5, 0.6) is 0 Å². The molecule has 3 nitrogen and oxygen atoms in total. The average molecular weight is 185 g/mol.